The summed E-state index contributed by atoms with van der Waals surface area (Å²) in [7, 11) is 0. The molecule has 3 nitrogen and oxygen atoms in total. The van der Waals surface area contributed by atoms with Crippen molar-refractivity contribution in [1.29, 1.82) is 0 Å². The normalized spacial score (nSPS) is 10.1. The highest BCUT2D eigenvalue weighted by Crippen LogP contribution is 2.15. The van der Waals surface area contributed by atoms with Crippen molar-refractivity contribution in [3.8, 4) is 5.75 Å². The van der Waals surface area contributed by atoms with Crippen LogP contribution < -0.4 is 15.4 Å². The maximum absolute atomic E-state index is 5.40. The smallest absolute Gasteiger partial charge is 0.170 e. The van der Waals surface area contributed by atoms with E-state index < -0.39 is 0 Å². The third kappa shape index (κ3) is 4.83. The Hall–Kier alpha value is -1.59. The molecule has 5 heteroatoms. The zero-order valence-corrected chi connectivity index (χ0v) is 13.0. The Labute approximate surface area is 129 Å². The molecule has 2 rings (SSSR count). The van der Waals surface area contributed by atoms with Crippen LogP contribution in [0.3, 0.4) is 0 Å². The molecule has 1 aromatic heterocycles. The lowest BCUT2D eigenvalue weighted by Gasteiger charge is -2.10. The standard InChI is InChI=1S/C15H18N2OS2/c1-2-18-13-7-5-12(6-8-13)17-15(19)16-10-9-14-4-3-11-20-14/h3-8,11H,2,9-10H2,1H3,(H2,16,17,19). The van der Waals surface area contributed by atoms with Gasteiger partial charge in [0.1, 0.15) is 5.75 Å². The van der Waals surface area contributed by atoms with E-state index in [-0.39, 0.29) is 0 Å². The van der Waals surface area contributed by atoms with Gasteiger partial charge in [0.2, 0.25) is 0 Å². The van der Waals surface area contributed by atoms with Crippen LogP contribution in [0.2, 0.25) is 0 Å². The van der Waals surface area contributed by atoms with Crippen LogP contribution in [0.15, 0.2) is 41.8 Å². The Bertz CT molecular complexity index is 523. The molecule has 0 saturated heterocycles. The summed E-state index contributed by atoms with van der Waals surface area (Å²) in [5, 5.41) is 9.10. The lowest BCUT2D eigenvalue weighted by molar-refractivity contribution is 0.340. The molecule has 1 heterocycles. The number of thiophene rings is 1. The van der Waals surface area contributed by atoms with Gasteiger partial charge in [-0.2, -0.15) is 0 Å². The average Bonchev–Trinajstić information content (AvgIpc) is 2.94. The predicted molar refractivity (Wildman–Crippen MR) is 89.9 cm³/mol. The minimum atomic E-state index is 0.644. The predicted octanol–water partition coefficient (Wildman–Crippen LogP) is 3.68. The minimum absolute atomic E-state index is 0.644. The van der Waals surface area contributed by atoms with E-state index in [2.05, 4.69) is 28.1 Å². The molecule has 0 unspecified atom stereocenters. The van der Waals surface area contributed by atoms with Crippen molar-refractivity contribution < 1.29 is 4.74 Å². The van der Waals surface area contributed by atoms with E-state index in [9.17, 15) is 0 Å². The maximum Gasteiger partial charge on any atom is 0.170 e. The van der Waals surface area contributed by atoms with Gasteiger partial charge in [0.15, 0.2) is 5.11 Å². The number of hydrogen-bond donors (Lipinski definition) is 2. The molecule has 0 spiro atoms. The lowest BCUT2D eigenvalue weighted by atomic mass is 10.3. The molecule has 0 aliphatic heterocycles. The molecular formula is C15H18N2OS2. The van der Waals surface area contributed by atoms with Crippen LogP contribution in [0.4, 0.5) is 5.69 Å². The SMILES string of the molecule is CCOc1ccc(NC(=S)NCCc2cccs2)cc1. The fraction of sp³-hybridized carbons (Fsp3) is 0.267. The third-order valence-corrected chi connectivity index (χ3v) is 3.84. The first kappa shape index (κ1) is 14.8. The second-order valence-electron chi connectivity index (χ2n) is 4.17. The largest absolute Gasteiger partial charge is 0.494 e. The third-order valence-electron chi connectivity index (χ3n) is 2.66. The highest BCUT2D eigenvalue weighted by molar-refractivity contribution is 7.80. The van der Waals surface area contributed by atoms with E-state index in [1.165, 1.54) is 4.88 Å². The highest BCUT2D eigenvalue weighted by Gasteiger charge is 1.99. The van der Waals surface area contributed by atoms with E-state index >= 15 is 0 Å². The van der Waals surface area contributed by atoms with Gasteiger partial charge in [-0.15, -0.1) is 11.3 Å². The van der Waals surface area contributed by atoms with Crippen molar-refractivity contribution >= 4 is 34.4 Å². The molecule has 0 amide bonds. The van der Waals surface area contributed by atoms with E-state index in [4.69, 9.17) is 17.0 Å². The number of benzene rings is 1. The molecule has 2 aromatic rings. The van der Waals surface area contributed by atoms with E-state index in [1.54, 1.807) is 11.3 Å². The summed E-state index contributed by atoms with van der Waals surface area (Å²) in [6.07, 6.45) is 0.989. The van der Waals surface area contributed by atoms with Gasteiger partial charge in [-0.3, -0.25) is 0 Å². The number of rotatable bonds is 6. The molecule has 0 fully saturated rings. The van der Waals surface area contributed by atoms with Crippen LogP contribution in [0, 0.1) is 0 Å². The molecule has 0 radical (unpaired) electrons. The zero-order valence-electron chi connectivity index (χ0n) is 11.4. The Kier molecular flexibility index (Phi) is 5.83. The van der Waals surface area contributed by atoms with E-state index in [0.29, 0.717) is 11.7 Å². The first-order chi connectivity index (χ1) is 9.78. The van der Waals surface area contributed by atoms with E-state index in [1.807, 2.05) is 31.2 Å². The Morgan fingerprint density at radius 2 is 2.05 bits per heavy atom. The molecule has 1 aromatic carbocycles. The van der Waals surface area contributed by atoms with Gasteiger partial charge < -0.3 is 15.4 Å². The van der Waals surface area contributed by atoms with Gasteiger partial charge in [0.25, 0.3) is 0 Å². The molecule has 0 aliphatic carbocycles. The van der Waals surface area contributed by atoms with Crippen molar-refractivity contribution in [1.82, 2.24) is 5.32 Å². The lowest BCUT2D eigenvalue weighted by Crippen LogP contribution is -2.30. The Balaban J connectivity index is 1.73. The summed E-state index contributed by atoms with van der Waals surface area (Å²) < 4.78 is 5.40. The van der Waals surface area contributed by atoms with Gasteiger partial charge in [0.05, 0.1) is 6.61 Å². The molecule has 106 valence electrons. The summed E-state index contributed by atoms with van der Waals surface area (Å²) in [6.45, 7) is 3.48. The van der Waals surface area contributed by atoms with E-state index in [0.717, 1.165) is 24.4 Å². The fourth-order valence-corrected chi connectivity index (χ4v) is 2.66. The number of ether oxygens (including phenoxy) is 1. The second kappa shape index (κ2) is 7.87. The summed E-state index contributed by atoms with van der Waals surface area (Å²) >= 11 is 7.03. The first-order valence-corrected chi connectivity index (χ1v) is 7.87. The van der Waals surface area contributed by atoms with Crippen LogP contribution >= 0.6 is 23.6 Å². The van der Waals surface area contributed by atoms with Crippen LogP contribution in [0.1, 0.15) is 11.8 Å². The van der Waals surface area contributed by atoms with Crippen molar-refractivity contribution in [2.45, 2.75) is 13.3 Å². The first-order valence-electron chi connectivity index (χ1n) is 6.58. The van der Waals surface area contributed by atoms with Crippen LogP contribution in [0.25, 0.3) is 0 Å². The fourth-order valence-electron chi connectivity index (χ4n) is 1.73. The molecule has 0 atom stereocenters. The van der Waals surface area contributed by atoms with Crippen molar-refractivity contribution in [2.24, 2.45) is 0 Å². The molecular weight excluding hydrogens is 288 g/mol. The van der Waals surface area contributed by atoms with Gasteiger partial charge >= 0.3 is 0 Å². The van der Waals surface area contributed by atoms with Gasteiger partial charge in [-0.25, -0.2) is 0 Å². The summed E-state index contributed by atoms with van der Waals surface area (Å²) in [5.74, 6) is 0.870. The Morgan fingerprint density at radius 3 is 2.70 bits per heavy atom. The van der Waals surface area contributed by atoms with Crippen LogP contribution in [-0.4, -0.2) is 18.3 Å². The molecule has 20 heavy (non-hydrogen) atoms. The topological polar surface area (TPSA) is 33.3 Å². The number of nitrogens with one attached hydrogen (secondary N) is 2. The zero-order chi connectivity index (χ0) is 14.2. The molecule has 0 saturated carbocycles. The quantitative estimate of drug-likeness (QED) is 0.798. The van der Waals surface area contributed by atoms with Crippen molar-refractivity contribution in [2.75, 3.05) is 18.5 Å². The number of anilines is 1. The van der Waals surface area contributed by atoms with Crippen molar-refractivity contribution in [3.63, 3.8) is 0 Å². The monoisotopic (exact) mass is 306 g/mol. The molecule has 0 bridgehead atoms. The number of hydrogen-bond acceptors (Lipinski definition) is 3. The van der Waals surface area contributed by atoms with Gasteiger partial charge in [0, 0.05) is 17.1 Å². The van der Waals surface area contributed by atoms with Gasteiger partial charge in [-0.1, -0.05) is 6.07 Å². The minimum Gasteiger partial charge on any atom is -0.494 e. The molecule has 2 N–H and O–H groups in total. The highest BCUT2D eigenvalue weighted by atomic mass is 32.1. The van der Waals surface area contributed by atoms with Crippen molar-refractivity contribution in [3.05, 3.63) is 46.7 Å². The maximum atomic E-state index is 5.40. The van der Waals surface area contributed by atoms with Gasteiger partial charge in [-0.05, 0) is 61.3 Å². The average molecular weight is 306 g/mol. The second-order valence-corrected chi connectivity index (χ2v) is 5.61. The Morgan fingerprint density at radius 1 is 1.25 bits per heavy atom. The summed E-state index contributed by atoms with van der Waals surface area (Å²) in [6, 6.07) is 12.0. The molecule has 0 aliphatic rings. The number of thiocarbonyl (C=S) groups is 1. The van der Waals surface area contributed by atoms with Crippen LogP contribution in [-0.2, 0) is 6.42 Å². The van der Waals surface area contributed by atoms with Crippen LogP contribution in [0.5, 0.6) is 5.75 Å². The summed E-state index contributed by atoms with van der Waals surface area (Å²) in [4.78, 5) is 1.36. The summed E-state index contributed by atoms with van der Waals surface area (Å²) in [5.41, 5.74) is 0.960.